The first-order chi connectivity index (χ1) is 2.77. The Labute approximate surface area is 45.8 Å². The van der Waals surface area contributed by atoms with E-state index >= 15 is 0 Å². The predicted octanol–water partition coefficient (Wildman–Crippen LogP) is 1.11. The molecule has 0 saturated carbocycles. The van der Waals surface area contributed by atoms with Gasteiger partial charge >= 0.3 is 45.2 Å². The standard InChI is InChI=1S/C5H8Ge/c1-4-6-5(2)3/h1,5H,2-3H3. The fourth-order valence-electron chi connectivity index (χ4n) is 0.167. The van der Waals surface area contributed by atoms with Crippen LogP contribution in [0, 0.1) is 11.2 Å². The van der Waals surface area contributed by atoms with Gasteiger partial charge in [0.15, 0.2) is 0 Å². The number of terminal acetylenes is 1. The zero-order valence-corrected chi connectivity index (χ0v) is 6.25. The summed E-state index contributed by atoms with van der Waals surface area (Å²) >= 11 is -0.0139. The molecule has 32 valence electrons. The summed E-state index contributed by atoms with van der Waals surface area (Å²) in [6, 6.07) is 0. The van der Waals surface area contributed by atoms with E-state index in [4.69, 9.17) is 6.42 Å². The second-order valence-electron chi connectivity index (χ2n) is 1.44. The van der Waals surface area contributed by atoms with Crippen molar-refractivity contribution in [1.29, 1.82) is 0 Å². The molecule has 0 N–H and O–H groups in total. The molecule has 6 heavy (non-hydrogen) atoms. The van der Waals surface area contributed by atoms with Crippen molar-refractivity contribution in [2.24, 2.45) is 0 Å². The third-order valence-corrected chi connectivity index (χ3v) is 1.93. The van der Waals surface area contributed by atoms with Gasteiger partial charge in [-0.1, -0.05) is 0 Å². The minimum atomic E-state index is -0.0139. The van der Waals surface area contributed by atoms with E-state index < -0.39 is 0 Å². The van der Waals surface area contributed by atoms with Crippen molar-refractivity contribution in [1.82, 2.24) is 0 Å². The molecule has 0 rings (SSSR count). The first-order valence-corrected chi connectivity index (χ1v) is 4.24. The Morgan fingerprint density at radius 3 is 2.17 bits per heavy atom. The Morgan fingerprint density at radius 1 is 1.67 bits per heavy atom. The molecule has 0 spiro atoms. The molecule has 0 atom stereocenters. The number of hydrogen-bond donors (Lipinski definition) is 0. The normalized spacial score (nSPS) is 8.33. The van der Waals surface area contributed by atoms with Gasteiger partial charge in [0, 0.05) is 0 Å². The monoisotopic (exact) mass is 142 g/mol. The molecule has 0 amide bonds. The molecule has 0 aliphatic rings. The quantitative estimate of drug-likeness (QED) is 0.378. The summed E-state index contributed by atoms with van der Waals surface area (Å²) in [4.78, 5) is 0. The Bertz CT molecular complexity index is 58.8. The third kappa shape index (κ3) is 4.10. The van der Waals surface area contributed by atoms with E-state index in [0.717, 1.165) is 4.75 Å². The van der Waals surface area contributed by atoms with Crippen LogP contribution in [-0.2, 0) is 0 Å². The Morgan fingerprint density at radius 2 is 2.17 bits per heavy atom. The van der Waals surface area contributed by atoms with Gasteiger partial charge in [-0.05, 0) is 0 Å². The summed E-state index contributed by atoms with van der Waals surface area (Å²) in [6.45, 7) is 4.33. The van der Waals surface area contributed by atoms with Crippen LogP contribution in [0.25, 0.3) is 0 Å². The molecule has 0 saturated heterocycles. The molecular weight excluding hydrogens is 133 g/mol. The zero-order valence-electron chi connectivity index (χ0n) is 4.15. The zero-order chi connectivity index (χ0) is 4.99. The first-order valence-electron chi connectivity index (χ1n) is 1.98. The predicted molar refractivity (Wildman–Crippen MR) is 29.7 cm³/mol. The molecule has 0 aromatic rings. The summed E-state index contributed by atoms with van der Waals surface area (Å²) in [5.74, 6) is 0. The molecule has 2 radical (unpaired) electrons. The van der Waals surface area contributed by atoms with Crippen LogP contribution in [0.4, 0.5) is 0 Å². The van der Waals surface area contributed by atoms with Crippen LogP contribution in [-0.4, -0.2) is 15.4 Å². The summed E-state index contributed by atoms with van der Waals surface area (Å²) in [5, 5.41) is 0. The topological polar surface area (TPSA) is 0 Å². The summed E-state index contributed by atoms with van der Waals surface area (Å²) in [7, 11) is 0. The van der Waals surface area contributed by atoms with Gasteiger partial charge in [0.2, 0.25) is 0 Å². The van der Waals surface area contributed by atoms with Crippen molar-refractivity contribution < 1.29 is 0 Å². The number of hydrogen-bond acceptors (Lipinski definition) is 0. The molecule has 0 heterocycles. The van der Waals surface area contributed by atoms with Crippen LogP contribution in [0.15, 0.2) is 0 Å². The van der Waals surface area contributed by atoms with E-state index in [1.807, 2.05) is 0 Å². The number of rotatable bonds is 1. The van der Waals surface area contributed by atoms with E-state index in [9.17, 15) is 0 Å². The van der Waals surface area contributed by atoms with Gasteiger partial charge in [-0.3, -0.25) is 0 Å². The maximum absolute atomic E-state index is 5.04. The average Bonchev–Trinajstić information content (AvgIpc) is 1.35. The molecule has 0 bridgehead atoms. The van der Waals surface area contributed by atoms with E-state index in [-0.39, 0.29) is 15.4 Å². The Balaban J connectivity index is 2.88. The SMILES string of the molecule is C#[C][Ge][CH](C)C. The van der Waals surface area contributed by atoms with Crippen molar-refractivity contribution in [3.63, 3.8) is 0 Å². The van der Waals surface area contributed by atoms with E-state index in [1.54, 1.807) is 0 Å². The molecule has 0 aliphatic heterocycles. The van der Waals surface area contributed by atoms with Gasteiger partial charge in [-0.15, -0.1) is 0 Å². The van der Waals surface area contributed by atoms with Crippen molar-refractivity contribution >= 4 is 15.4 Å². The van der Waals surface area contributed by atoms with Crippen LogP contribution in [0.5, 0.6) is 0 Å². The van der Waals surface area contributed by atoms with Crippen molar-refractivity contribution in [2.75, 3.05) is 0 Å². The molecule has 0 aliphatic carbocycles. The van der Waals surface area contributed by atoms with E-state index in [1.165, 1.54) is 0 Å². The molecule has 0 nitrogen and oxygen atoms in total. The van der Waals surface area contributed by atoms with Gasteiger partial charge in [-0.25, -0.2) is 0 Å². The second-order valence-corrected chi connectivity index (χ2v) is 5.08. The summed E-state index contributed by atoms with van der Waals surface area (Å²) in [5.41, 5.74) is 0. The van der Waals surface area contributed by atoms with Crippen LogP contribution in [0.1, 0.15) is 13.8 Å². The van der Waals surface area contributed by atoms with E-state index in [0.29, 0.717) is 0 Å². The Hall–Kier alpha value is 0.103. The van der Waals surface area contributed by atoms with Crippen molar-refractivity contribution in [3.05, 3.63) is 0 Å². The van der Waals surface area contributed by atoms with Gasteiger partial charge < -0.3 is 0 Å². The molecule has 0 unspecified atom stereocenters. The fourth-order valence-corrected chi connectivity index (χ4v) is 0.866. The molecular formula is C5H8Ge. The van der Waals surface area contributed by atoms with Gasteiger partial charge in [-0.2, -0.15) is 0 Å². The second kappa shape index (κ2) is 3.30. The summed E-state index contributed by atoms with van der Waals surface area (Å²) in [6.07, 6.45) is 5.04. The van der Waals surface area contributed by atoms with Crippen LogP contribution in [0.2, 0.25) is 4.75 Å². The minimum absolute atomic E-state index is 0.0139. The van der Waals surface area contributed by atoms with E-state index in [2.05, 4.69) is 18.6 Å². The first kappa shape index (κ1) is 6.10. The molecule has 0 fully saturated rings. The van der Waals surface area contributed by atoms with Crippen LogP contribution >= 0.6 is 0 Å². The van der Waals surface area contributed by atoms with Crippen molar-refractivity contribution in [3.8, 4) is 11.2 Å². The van der Waals surface area contributed by atoms with Gasteiger partial charge in [0.25, 0.3) is 0 Å². The molecule has 1 heteroatoms. The third-order valence-electron chi connectivity index (χ3n) is 0.372. The van der Waals surface area contributed by atoms with Crippen LogP contribution < -0.4 is 0 Å². The average molecular weight is 141 g/mol. The Kier molecular flexibility index (Phi) is 3.36. The van der Waals surface area contributed by atoms with Gasteiger partial charge in [0.05, 0.1) is 0 Å². The summed E-state index contributed by atoms with van der Waals surface area (Å²) < 4.78 is 3.48. The van der Waals surface area contributed by atoms with Crippen molar-refractivity contribution in [2.45, 2.75) is 18.6 Å². The fraction of sp³-hybridized carbons (Fsp3) is 0.600. The van der Waals surface area contributed by atoms with Gasteiger partial charge in [0.1, 0.15) is 0 Å². The maximum atomic E-state index is 5.04. The molecule has 0 aromatic heterocycles. The van der Waals surface area contributed by atoms with Crippen LogP contribution in [0.3, 0.4) is 0 Å². The molecule has 0 aromatic carbocycles.